The number of methoxy groups -OCH3 is 1. The zero-order valence-corrected chi connectivity index (χ0v) is 15.7. The number of aromatic nitrogens is 3. The molecule has 2 aromatic carbocycles. The van der Waals surface area contributed by atoms with Crippen molar-refractivity contribution in [2.24, 2.45) is 0 Å². The number of ether oxygens (including phenoxy) is 1. The maximum atomic E-state index is 12.1. The van der Waals surface area contributed by atoms with Gasteiger partial charge in [-0.05, 0) is 23.3 Å². The van der Waals surface area contributed by atoms with Crippen LogP contribution in [0.1, 0.15) is 11.1 Å². The van der Waals surface area contributed by atoms with E-state index < -0.39 is 0 Å². The molecule has 27 heavy (non-hydrogen) atoms. The lowest BCUT2D eigenvalue weighted by atomic mass is 10.2. The van der Waals surface area contributed by atoms with E-state index in [9.17, 15) is 9.59 Å². The largest absolute Gasteiger partial charge is 0.497 e. The second-order valence-corrected chi connectivity index (χ2v) is 6.74. The van der Waals surface area contributed by atoms with Crippen molar-refractivity contribution in [3.63, 3.8) is 0 Å². The van der Waals surface area contributed by atoms with Crippen LogP contribution in [0.4, 0.5) is 0 Å². The Hall–Kier alpha value is -3.00. The Labute approximate surface area is 160 Å². The highest BCUT2D eigenvalue weighted by atomic mass is 32.2. The van der Waals surface area contributed by atoms with E-state index in [4.69, 9.17) is 4.74 Å². The Morgan fingerprint density at radius 3 is 2.74 bits per heavy atom. The molecular weight excluding hydrogens is 364 g/mol. The molecule has 0 radical (unpaired) electrons. The Bertz CT molecular complexity index is 953. The number of thioether (sulfide) groups is 1. The van der Waals surface area contributed by atoms with E-state index >= 15 is 0 Å². The summed E-state index contributed by atoms with van der Waals surface area (Å²) < 4.78 is 6.69. The molecule has 0 aliphatic carbocycles. The van der Waals surface area contributed by atoms with Crippen molar-refractivity contribution in [3.05, 3.63) is 76.2 Å². The number of amides is 1. The average Bonchev–Trinajstić information content (AvgIpc) is 3.05. The third-order valence-electron chi connectivity index (χ3n) is 3.86. The Morgan fingerprint density at radius 1 is 1.19 bits per heavy atom. The summed E-state index contributed by atoms with van der Waals surface area (Å²) in [6.07, 6.45) is 0. The van der Waals surface area contributed by atoms with Crippen molar-refractivity contribution in [2.45, 2.75) is 18.2 Å². The lowest BCUT2D eigenvalue weighted by Crippen LogP contribution is -2.25. The number of nitrogens with one attached hydrogen (secondary N) is 2. The highest BCUT2D eigenvalue weighted by Gasteiger charge is 2.12. The van der Waals surface area contributed by atoms with Crippen LogP contribution >= 0.6 is 11.8 Å². The molecule has 1 heterocycles. The minimum Gasteiger partial charge on any atom is -0.497 e. The second kappa shape index (κ2) is 9.09. The van der Waals surface area contributed by atoms with Crippen molar-refractivity contribution in [3.8, 4) is 5.75 Å². The van der Waals surface area contributed by atoms with Gasteiger partial charge in [0.05, 0.1) is 19.4 Å². The Balaban J connectivity index is 1.55. The third kappa shape index (κ3) is 5.24. The van der Waals surface area contributed by atoms with E-state index in [0.717, 1.165) is 16.9 Å². The van der Waals surface area contributed by atoms with E-state index in [0.29, 0.717) is 18.2 Å². The van der Waals surface area contributed by atoms with Gasteiger partial charge >= 0.3 is 5.69 Å². The number of carbonyl (C=O) groups is 1. The highest BCUT2D eigenvalue weighted by molar-refractivity contribution is 7.99. The standard InChI is InChI=1S/C19H20N4O3S/c1-26-16-9-5-8-15(10-16)11-20-17(24)13-27-19-22-21-18(25)23(19)12-14-6-3-2-4-7-14/h2-10H,11-13H2,1H3,(H,20,24)(H,21,25). The van der Waals surface area contributed by atoms with Crippen molar-refractivity contribution < 1.29 is 9.53 Å². The fourth-order valence-corrected chi connectivity index (χ4v) is 3.26. The first-order chi connectivity index (χ1) is 13.2. The van der Waals surface area contributed by atoms with Gasteiger partial charge in [-0.1, -0.05) is 54.2 Å². The van der Waals surface area contributed by atoms with Gasteiger partial charge in [-0.15, -0.1) is 5.10 Å². The number of nitrogens with zero attached hydrogens (tertiary/aromatic N) is 2. The van der Waals surface area contributed by atoms with Gasteiger partial charge in [-0.2, -0.15) is 0 Å². The topological polar surface area (TPSA) is 89.0 Å². The van der Waals surface area contributed by atoms with Crippen LogP contribution in [-0.4, -0.2) is 33.5 Å². The fourth-order valence-electron chi connectivity index (χ4n) is 2.48. The monoisotopic (exact) mass is 384 g/mol. The first-order valence-electron chi connectivity index (χ1n) is 8.37. The van der Waals surface area contributed by atoms with E-state index in [-0.39, 0.29) is 17.3 Å². The van der Waals surface area contributed by atoms with Crippen LogP contribution < -0.4 is 15.7 Å². The maximum absolute atomic E-state index is 12.1. The fraction of sp³-hybridized carbons (Fsp3) is 0.211. The zero-order chi connectivity index (χ0) is 19.1. The summed E-state index contributed by atoms with van der Waals surface area (Å²) in [7, 11) is 1.60. The van der Waals surface area contributed by atoms with Gasteiger partial charge in [-0.25, -0.2) is 9.89 Å². The number of carbonyl (C=O) groups excluding carboxylic acids is 1. The summed E-state index contributed by atoms with van der Waals surface area (Å²) in [6.45, 7) is 0.817. The normalized spacial score (nSPS) is 10.6. The average molecular weight is 384 g/mol. The first kappa shape index (κ1) is 18.8. The first-order valence-corrected chi connectivity index (χ1v) is 9.36. The lowest BCUT2D eigenvalue weighted by Gasteiger charge is -2.08. The van der Waals surface area contributed by atoms with Gasteiger partial charge in [0.25, 0.3) is 0 Å². The Morgan fingerprint density at radius 2 is 1.96 bits per heavy atom. The highest BCUT2D eigenvalue weighted by Crippen LogP contribution is 2.15. The van der Waals surface area contributed by atoms with Gasteiger partial charge < -0.3 is 10.1 Å². The Kier molecular flexibility index (Phi) is 6.32. The maximum Gasteiger partial charge on any atom is 0.344 e. The quantitative estimate of drug-likeness (QED) is 0.580. The molecule has 0 atom stereocenters. The summed E-state index contributed by atoms with van der Waals surface area (Å²) >= 11 is 1.22. The molecule has 0 unspecified atom stereocenters. The van der Waals surface area contributed by atoms with Crippen LogP contribution in [0.5, 0.6) is 5.75 Å². The van der Waals surface area contributed by atoms with Crippen molar-refractivity contribution >= 4 is 17.7 Å². The number of aromatic amines is 1. The van der Waals surface area contributed by atoms with Crippen LogP contribution in [-0.2, 0) is 17.9 Å². The molecular formula is C19H20N4O3S. The molecule has 0 saturated heterocycles. The summed E-state index contributed by atoms with van der Waals surface area (Å²) in [5, 5.41) is 9.80. The molecule has 8 heteroatoms. The summed E-state index contributed by atoms with van der Waals surface area (Å²) in [5.74, 6) is 0.783. The molecule has 1 aromatic heterocycles. The second-order valence-electron chi connectivity index (χ2n) is 5.80. The van der Waals surface area contributed by atoms with Gasteiger partial charge in [0.15, 0.2) is 5.16 Å². The molecule has 140 valence electrons. The molecule has 1 amide bonds. The third-order valence-corrected chi connectivity index (χ3v) is 4.84. The minimum atomic E-state index is -0.293. The van der Waals surface area contributed by atoms with E-state index in [1.165, 1.54) is 16.3 Å². The molecule has 7 nitrogen and oxygen atoms in total. The van der Waals surface area contributed by atoms with E-state index in [1.54, 1.807) is 7.11 Å². The molecule has 0 fully saturated rings. The van der Waals surface area contributed by atoms with Crippen LogP contribution in [0.3, 0.4) is 0 Å². The summed E-state index contributed by atoms with van der Waals surface area (Å²) in [4.78, 5) is 24.1. The molecule has 0 aliphatic heterocycles. The number of hydrogen-bond acceptors (Lipinski definition) is 5. The SMILES string of the molecule is COc1cccc(CNC(=O)CSc2n[nH]c(=O)n2Cc2ccccc2)c1. The zero-order valence-electron chi connectivity index (χ0n) is 14.8. The molecule has 0 spiro atoms. The van der Waals surface area contributed by atoms with E-state index in [1.807, 2.05) is 54.6 Å². The molecule has 2 N–H and O–H groups in total. The molecule has 0 saturated carbocycles. The molecule has 3 aromatic rings. The molecule has 0 bridgehead atoms. The van der Waals surface area contributed by atoms with Crippen LogP contribution in [0.15, 0.2) is 64.5 Å². The van der Waals surface area contributed by atoms with Crippen LogP contribution in [0, 0.1) is 0 Å². The minimum absolute atomic E-state index is 0.135. The number of hydrogen-bond donors (Lipinski definition) is 2. The number of rotatable bonds is 8. The molecule has 0 aliphatic rings. The van der Waals surface area contributed by atoms with E-state index in [2.05, 4.69) is 15.5 Å². The van der Waals surface area contributed by atoms with Crippen molar-refractivity contribution in [2.75, 3.05) is 12.9 Å². The number of benzene rings is 2. The van der Waals surface area contributed by atoms with Gasteiger partial charge in [0.2, 0.25) is 5.91 Å². The predicted molar refractivity (Wildman–Crippen MR) is 104 cm³/mol. The smallest absolute Gasteiger partial charge is 0.344 e. The molecule has 3 rings (SSSR count). The van der Waals surface area contributed by atoms with Gasteiger partial charge in [0, 0.05) is 6.54 Å². The van der Waals surface area contributed by atoms with Crippen molar-refractivity contribution in [1.29, 1.82) is 0 Å². The van der Waals surface area contributed by atoms with Crippen molar-refractivity contribution in [1.82, 2.24) is 20.1 Å². The van der Waals surface area contributed by atoms with Gasteiger partial charge in [0.1, 0.15) is 5.75 Å². The summed E-state index contributed by atoms with van der Waals surface area (Å²) in [6, 6.07) is 17.2. The lowest BCUT2D eigenvalue weighted by molar-refractivity contribution is -0.118. The summed E-state index contributed by atoms with van der Waals surface area (Å²) in [5.41, 5.74) is 1.65. The van der Waals surface area contributed by atoms with Gasteiger partial charge in [-0.3, -0.25) is 9.36 Å². The van der Waals surface area contributed by atoms with Crippen LogP contribution in [0.25, 0.3) is 0 Å². The predicted octanol–water partition coefficient (Wildman–Crippen LogP) is 2.04. The number of H-pyrrole nitrogens is 1. The van der Waals surface area contributed by atoms with Crippen LogP contribution in [0.2, 0.25) is 0 Å².